The Hall–Kier alpha value is -3.76. The van der Waals surface area contributed by atoms with E-state index in [1.165, 1.54) is 12.1 Å². The van der Waals surface area contributed by atoms with Crippen LogP contribution in [0.15, 0.2) is 70.0 Å². The van der Waals surface area contributed by atoms with E-state index >= 15 is 0 Å². The Morgan fingerprint density at radius 3 is 2.65 bits per heavy atom. The molecule has 1 saturated heterocycles. The summed E-state index contributed by atoms with van der Waals surface area (Å²) < 4.78 is 5.90. The van der Waals surface area contributed by atoms with Crippen molar-refractivity contribution in [3.63, 3.8) is 0 Å². The second-order valence-electron chi connectivity index (χ2n) is 7.58. The van der Waals surface area contributed by atoms with Gasteiger partial charge in [-0.3, -0.25) is 19.8 Å². The smallest absolute Gasteiger partial charge is 0.327 e. The van der Waals surface area contributed by atoms with Crippen molar-refractivity contribution >= 4 is 51.9 Å². The second-order valence-corrected chi connectivity index (χ2v) is 9.25. The van der Waals surface area contributed by atoms with Crippen molar-refractivity contribution in [1.29, 1.82) is 0 Å². The number of carboxylic acids is 1. The summed E-state index contributed by atoms with van der Waals surface area (Å²) in [6, 6.07) is 15.8. The zero-order valence-electron chi connectivity index (χ0n) is 17.8. The Kier molecular flexibility index (Phi) is 6.62. The van der Waals surface area contributed by atoms with Crippen molar-refractivity contribution in [2.75, 3.05) is 0 Å². The van der Waals surface area contributed by atoms with E-state index < -0.39 is 22.8 Å². The van der Waals surface area contributed by atoms with Crippen molar-refractivity contribution < 1.29 is 24.0 Å². The molecule has 34 heavy (non-hydrogen) atoms. The molecule has 2 heterocycles. The third-order valence-corrected chi connectivity index (χ3v) is 6.54. The first kappa shape index (κ1) is 23.4. The van der Waals surface area contributed by atoms with Gasteiger partial charge in [-0.05, 0) is 36.2 Å². The van der Waals surface area contributed by atoms with Gasteiger partial charge in [0.25, 0.3) is 11.6 Å². The van der Waals surface area contributed by atoms with Gasteiger partial charge < -0.3 is 9.52 Å². The molecule has 1 atom stereocenters. The van der Waals surface area contributed by atoms with E-state index in [9.17, 15) is 24.8 Å². The minimum Gasteiger partial charge on any atom is -0.480 e. The first-order chi connectivity index (χ1) is 16.2. The fourth-order valence-corrected chi connectivity index (χ4v) is 4.92. The lowest BCUT2D eigenvalue weighted by Gasteiger charge is -2.23. The Morgan fingerprint density at radius 2 is 1.97 bits per heavy atom. The molecule has 1 unspecified atom stereocenters. The van der Waals surface area contributed by atoms with Crippen LogP contribution in [0.2, 0.25) is 0 Å². The number of carbonyl (C=O) groups excluding carboxylic acids is 1. The van der Waals surface area contributed by atoms with Gasteiger partial charge in [-0.25, -0.2) is 4.79 Å². The molecule has 1 N–H and O–H groups in total. The van der Waals surface area contributed by atoms with E-state index in [-0.39, 0.29) is 27.1 Å². The third-order valence-electron chi connectivity index (χ3n) is 5.21. The molecule has 0 saturated carbocycles. The maximum Gasteiger partial charge on any atom is 0.327 e. The number of hydrogen-bond donors (Lipinski definition) is 1. The zero-order valence-corrected chi connectivity index (χ0v) is 19.5. The lowest BCUT2D eigenvalue weighted by molar-refractivity contribution is -0.384. The molecule has 0 bridgehead atoms. The number of hydrogen-bond acceptors (Lipinski definition) is 7. The number of aliphatic carboxylic acids is 1. The van der Waals surface area contributed by atoms with Crippen LogP contribution in [-0.2, 0) is 16.0 Å². The van der Waals surface area contributed by atoms with Crippen LogP contribution in [0.3, 0.4) is 0 Å². The van der Waals surface area contributed by atoms with Gasteiger partial charge in [-0.2, -0.15) is 0 Å². The maximum atomic E-state index is 13.1. The summed E-state index contributed by atoms with van der Waals surface area (Å²) in [5.41, 5.74) is 1.74. The molecule has 3 aromatic rings. The van der Waals surface area contributed by atoms with Crippen LogP contribution in [0, 0.1) is 17.0 Å². The van der Waals surface area contributed by atoms with Crippen molar-refractivity contribution in [1.82, 2.24) is 4.90 Å². The number of amides is 1. The predicted octanol–water partition coefficient (Wildman–Crippen LogP) is 5.06. The standard InChI is InChI=1S/C24H18N2O6S2/c1-14-7-9-17(18(11-14)26(30)31)20-10-8-16(32-20)13-21-22(27)25(24(33)34-21)19(23(28)29)12-15-5-3-2-4-6-15/h2-11,13,19H,12H2,1H3,(H,28,29)/b21-13+. The number of thioether (sulfide) groups is 1. The Morgan fingerprint density at radius 1 is 1.24 bits per heavy atom. The number of thiocarbonyl (C=S) groups is 1. The van der Waals surface area contributed by atoms with Gasteiger partial charge in [0.15, 0.2) is 0 Å². The van der Waals surface area contributed by atoms with Gasteiger partial charge in [-0.15, -0.1) is 0 Å². The molecule has 0 radical (unpaired) electrons. The first-order valence-corrected chi connectivity index (χ1v) is 11.4. The average Bonchev–Trinajstić information content (AvgIpc) is 3.37. The van der Waals surface area contributed by atoms with Crippen molar-refractivity contribution in [2.24, 2.45) is 0 Å². The molecule has 10 heteroatoms. The normalized spacial score (nSPS) is 15.7. The van der Waals surface area contributed by atoms with Gasteiger partial charge in [0.05, 0.1) is 15.4 Å². The first-order valence-electron chi connectivity index (χ1n) is 10.1. The van der Waals surface area contributed by atoms with E-state index in [2.05, 4.69) is 0 Å². The fraction of sp³-hybridized carbons (Fsp3) is 0.125. The molecule has 0 spiro atoms. The molecule has 2 aromatic carbocycles. The number of carboxylic acid groups (broad SMARTS) is 1. The van der Waals surface area contributed by atoms with Crippen LogP contribution in [0.25, 0.3) is 17.4 Å². The fourth-order valence-electron chi connectivity index (χ4n) is 3.58. The van der Waals surface area contributed by atoms with E-state index in [1.54, 1.807) is 55.5 Å². The monoisotopic (exact) mass is 494 g/mol. The molecule has 172 valence electrons. The predicted molar refractivity (Wildman–Crippen MR) is 132 cm³/mol. The lowest BCUT2D eigenvalue weighted by Crippen LogP contribution is -2.45. The number of aryl methyl sites for hydroxylation is 1. The van der Waals surface area contributed by atoms with Crippen molar-refractivity contribution in [3.05, 3.63) is 92.6 Å². The summed E-state index contributed by atoms with van der Waals surface area (Å²) in [4.78, 5) is 37.3. The number of furan rings is 1. The van der Waals surface area contributed by atoms with Gasteiger partial charge in [0.1, 0.15) is 21.9 Å². The van der Waals surface area contributed by atoms with E-state index in [1.807, 2.05) is 6.07 Å². The number of nitrogens with zero attached hydrogens (tertiary/aromatic N) is 2. The number of benzene rings is 2. The highest BCUT2D eigenvalue weighted by Crippen LogP contribution is 2.37. The summed E-state index contributed by atoms with van der Waals surface area (Å²) in [7, 11) is 0. The summed E-state index contributed by atoms with van der Waals surface area (Å²) in [6.45, 7) is 1.76. The lowest BCUT2D eigenvalue weighted by atomic mass is 10.0. The zero-order chi connectivity index (χ0) is 24.4. The number of nitro benzene ring substituents is 1. The number of rotatable bonds is 7. The summed E-state index contributed by atoms with van der Waals surface area (Å²) in [5.74, 6) is -1.12. The van der Waals surface area contributed by atoms with Crippen LogP contribution in [0.1, 0.15) is 16.9 Å². The molecule has 4 rings (SSSR count). The highest BCUT2D eigenvalue weighted by Gasteiger charge is 2.40. The Bertz CT molecular complexity index is 1330. The van der Waals surface area contributed by atoms with E-state index in [0.717, 1.165) is 27.8 Å². The van der Waals surface area contributed by atoms with Gasteiger partial charge in [0.2, 0.25) is 0 Å². The molecule has 1 amide bonds. The SMILES string of the molecule is Cc1ccc(-c2ccc(/C=C3/SC(=S)N(C(Cc4ccccc4)C(=O)O)C3=O)o2)c([N+](=O)[O-])c1. The minimum atomic E-state index is -1.16. The summed E-state index contributed by atoms with van der Waals surface area (Å²) in [5, 5.41) is 21.2. The molecule has 0 aliphatic carbocycles. The topological polar surface area (TPSA) is 114 Å². The van der Waals surface area contributed by atoms with Crippen molar-refractivity contribution in [2.45, 2.75) is 19.4 Å². The number of carbonyl (C=O) groups is 2. The van der Waals surface area contributed by atoms with Crippen LogP contribution in [0.5, 0.6) is 0 Å². The summed E-state index contributed by atoms with van der Waals surface area (Å²) in [6.07, 6.45) is 1.57. The molecule has 1 aliphatic heterocycles. The van der Waals surface area contributed by atoms with E-state index in [4.69, 9.17) is 16.6 Å². The van der Waals surface area contributed by atoms with Gasteiger partial charge in [-0.1, -0.05) is 60.4 Å². The highest BCUT2D eigenvalue weighted by atomic mass is 32.2. The average molecular weight is 495 g/mol. The Labute approximate surface area is 204 Å². The van der Waals surface area contributed by atoms with Crippen LogP contribution in [-0.4, -0.2) is 37.2 Å². The second kappa shape index (κ2) is 9.62. The molecule has 1 fully saturated rings. The number of nitro groups is 1. The largest absolute Gasteiger partial charge is 0.480 e. The molecule has 1 aliphatic rings. The van der Waals surface area contributed by atoms with Crippen molar-refractivity contribution in [3.8, 4) is 11.3 Å². The third kappa shape index (κ3) is 4.78. The van der Waals surface area contributed by atoms with Gasteiger partial charge >= 0.3 is 5.97 Å². The maximum absolute atomic E-state index is 13.1. The molecule has 8 nitrogen and oxygen atoms in total. The van der Waals surface area contributed by atoms with Crippen LogP contribution >= 0.6 is 24.0 Å². The molecule has 1 aromatic heterocycles. The van der Waals surface area contributed by atoms with Crippen LogP contribution in [0.4, 0.5) is 5.69 Å². The molecular weight excluding hydrogens is 476 g/mol. The highest BCUT2D eigenvalue weighted by molar-refractivity contribution is 8.26. The van der Waals surface area contributed by atoms with Crippen LogP contribution < -0.4 is 0 Å². The molecular formula is C24H18N2O6S2. The summed E-state index contributed by atoms with van der Waals surface area (Å²) >= 11 is 6.31. The quantitative estimate of drug-likeness (QED) is 0.210. The van der Waals surface area contributed by atoms with E-state index in [0.29, 0.717) is 11.3 Å². The minimum absolute atomic E-state index is 0.0857. The Balaban J connectivity index is 1.60. The van der Waals surface area contributed by atoms with Gasteiger partial charge in [0, 0.05) is 18.6 Å².